The maximum Gasteiger partial charge on any atom is 0.113 e. The van der Waals surface area contributed by atoms with E-state index in [2.05, 4.69) is 207 Å². The summed E-state index contributed by atoms with van der Waals surface area (Å²) < 4.78 is 4.01. The van der Waals surface area contributed by atoms with Crippen molar-refractivity contribution in [2.24, 2.45) is 0 Å². The molecule has 0 bridgehead atoms. The summed E-state index contributed by atoms with van der Waals surface area (Å²) in [5.74, 6) is 0. The number of nitrogens with zero attached hydrogens (tertiary/aromatic N) is 6. The van der Waals surface area contributed by atoms with E-state index in [1.807, 2.05) is 9.36 Å². The van der Waals surface area contributed by atoms with Gasteiger partial charge in [-0.3, -0.25) is 0 Å². The fraction of sp³-hybridized carbons (Fsp3) is 0.0278. The van der Waals surface area contributed by atoms with Crippen LogP contribution in [0.1, 0.15) is 11.1 Å². The van der Waals surface area contributed by atoms with E-state index in [-0.39, 0.29) is 0 Å². The Morgan fingerprint density at radius 3 is 0.872 bits per heavy atom. The SMILES string of the molecule is c1cc2ccc3ccc4ccc5ccc6ccc(Cn7cc(-c8cc9ccc%10ccc%11ccc%12ccc8c8c%12c%11c%10c98)nn7)cc6c5c4c3c2cc1Cn1cc(-c2cc3ccc4ccc5ccc6ccc2c2c6c5c4c32)nn1. The van der Waals surface area contributed by atoms with Crippen molar-refractivity contribution in [3.63, 3.8) is 0 Å². The van der Waals surface area contributed by atoms with Gasteiger partial charge in [-0.05, 0) is 197 Å². The Balaban J connectivity index is 0.691. The van der Waals surface area contributed by atoms with Crippen LogP contribution in [0.5, 0.6) is 0 Å². The number of rotatable bonds is 6. The van der Waals surface area contributed by atoms with Crippen LogP contribution in [-0.4, -0.2) is 30.0 Å². The van der Waals surface area contributed by atoms with E-state index in [0.717, 1.165) is 22.5 Å². The highest BCUT2D eigenvalue weighted by Crippen LogP contribution is 2.52. The molecule has 0 atom stereocenters. The Bertz CT molecular complexity index is 5490. The fourth-order valence-corrected chi connectivity index (χ4v) is 14.9. The van der Waals surface area contributed by atoms with Crippen LogP contribution in [0.3, 0.4) is 0 Å². The average Bonchev–Trinajstić information content (AvgIpc) is 3.74. The minimum absolute atomic E-state index is 0.595. The second kappa shape index (κ2) is 13.9. The van der Waals surface area contributed by atoms with E-state index in [9.17, 15) is 0 Å². The van der Waals surface area contributed by atoms with E-state index in [1.165, 1.54) is 173 Å². The highest BCUT2D eigenvalue weighted by Gasteiger charge is 2.25. The molecule has 0 radical (unpaired) electrons. The van der Waals surface area contributed by atoms with Crippen LogP contribution in [-0.2, 0) is 13.1 Å². The van der Waals surface area contributed by atoms with Gasteiger partial charge in [0, 0.05) is 11.1 Å². The van der Waals surface area contributed by atoms with Gasteiger partial charge in [0.1, 0.15) is 11.4 Å². The van der Waals surface area contributed by atoms with Crippen molar-refractivity contribution in [2.75, 3.05) is 0 Å². The summed E-state index contributed by atoms with van der Waals surface area (Å²) in [6, 6.07) is 73.1. The van der Waals surface area contributed by atoms with Crippen molar-refractivity contribution >= 4 is 162 Å². The first-order chi connectivity index (χ1) is 38.6. The van der Waals surface area contributed by atoms with Crippen LogP contribution in [0.2, 0.25) is 0 Å². The molecule has 20 rings (SSSR count). The average molecular weight is 987 g/mol. The first-order valence-electron chi connectivity index (χ1n) is 27.0. The first kappa shape index (κ1) is 40.1. The Kier molecular flexibility index (Phi) is 7.16. The van der Waals surface area contributed by atoms with Crippen molar-refractivity contribution in [3.8, 4) is 22.5 Å². The molecule has 78 heavy (non-hydrogen) atoms. The van der Waals surface area contributed by atoms with E-state index in [4.69, 9.17) is 20.6 Å². The molecule has 0 N–H and O–H groups in total. The summed E-state index contributed by atoms with van der Waals surface area (Å²) >= 11 is 0. The van der Waals surface area contributed by atoms with Crippen molar-refractivity contribution in [1.82, 2.24) is 30.0 Å². The maximum atomic E-state index is 4.87. The van der Waals surface area contributed by atoms with E-state index < -0.39 is 0 Å². The number of aromatic nitrogens is 6. The molecule has 0 fully saturated rings. The van der Waals surface area contributed by atoms with E-state index in [1.54, 1.807) is 0 Å². The molecular weight excluding hydrogens is 949 g/mol. The Hall–Kier alpha value is -10.3. The molecule has 0 saturated carbocycles. The smallest absolute Gasteiger partial charge is 0.113 e. The number of hydrogen-bond donors (Lipinski definition) is 0. The predicted octanol–water partition coefficient (Wildman–Crippen LogP) is 18.2. The van der Waals surface area contributed by atoms with Gasteiger partial charge < -0.3 is 0 Å². The lowest BCUT2D eigenvalue weighted by atomic mass is 9.90. The van der Waals surface area contributed by atoms with Gasteiger partial charge in [0.15, 0.2) is 0 Å². The monoisotopic (exact) mass is 986 g/mol. The largest absolute Gasteiger partial charge is 0.247 e. The summed E-state index contributed by atoms with van der Waals surface area (Å²) in [5, 5.41) is 58.1. The normalized spacial score (nSPS) is 13.0. The van der Waals surface area contributed by atoms with E-state index in [0.29, 0.717) is 13.1 Å². The molecule has 6 heteroatoms. The van der Waals surface area contributed by atoms with Gasteiger partial charge in [-0.15, -0.1) is 10.2 Å². The molecule has 0 spiro atoms. The number of fused-ring (bicyclic) bond motifs is 9. The molecule has 0 unspecified atom stereocenters. The standard InChI is InChI=1S/C72H38N6/c1-3-39-5-7-41-9-11-43-12-10-42-8-6-40-4-2-38(34-78-36-59(74-76-78)57-32-51-24-22-47-16-14-45-18-20-49-26-28-53(57)72-68(49)64(45)66(47)70(51)72)30-55(40)61(42)62(43)60(41)54(39)29-37(1)33-77-35-58(73-75-77)56-31-50-23-21-46-15-13-44-17-19-48-25-27-52(56)71-67(48)63(44)65(46)69(50)71/h1-32,35-36H,33-34H2. The molecule has 2 heterocycles. The molecule has 2 aromatic heterocycles. The van der Waals surface area contributed by atoms with Crippen LogP contribution < -0.4 is 0 Å². The molecule has 0 aliphatic carbocycles. The molecular formula is C72H38N6. The summed E-state index contributed by atoms with van der Waals surface area (Å²) in [6.07, 6.45) is 4.26. The van der Waals surface area contributed by atoms with Crippen LogP contribution in [0.15, 0.2) is 207 Å². The quantitative estimate of drug-likeness (QED) is 0.156. The number of hydrogen-bond acceptors (Lipinski definition) is 4. The van der Waals surface area contributed by atoms with Gasteiger partial charge in [-0.1, -0.05) is 180 Å². The summed E-state index contributed by atoms with van der Waals surface area (Å²) in [6.45, 7) is 1.19. The summed E-state index contributed by atoms with van der Waals surface area (Å²) in [7, 11) is 0. The van der Waals surface area contributed by atoms with Crippen LogP contribution >= 0.6 is 0 Å². The van der Waals surface area contributed by atoms with Crippen LogP contribution in [0, 0.1) is 0 Å². The Morgan fingerprint density at radius 1 is 0.231 bits per heavy atom. The highest BCUT2D eigenvalue weighted by molar-refractivity contribution is 6.47. The molecule has 18 aromatic carbocycles. The fourth-order valence-electron chi connectivity index (χ4n) is 14.9. The minimum Gasteiger partial charge on any atom is -0.247 e. The molecule has 356 valence electrons. The molecule has 0 aliphatic heterocycles. The Morgan fingerprint density at radius 2 is 0.500 bits per heavy atom. The van der Waals surface area contributed by atoms with Crippen molar-refractivity contribution in [2.45, 2.75) is 13.1 Å². The topological polar surface area (TPSA) is 61.4 Å². The second-order valence-corrected chi connectivity index (χ2v) is 22.3. The van der Waals surface area contributed by atoms with Crippen molar-refractivity contribution < 1.29 is 0 Å². The third-order valence-corrected chi connectivity index (χ3v) is 18.3. The molecule has 0 aliphatic rings. The zero-order chi connectivity index (χ0) is 50.2. The van der Waals surface area contributed by atoms with Crippen molar-refractivity contribution in [3.05, 3.63) is 218 Å². The van der Waals surface area contributed by atoms with Crippen LogP contribution in [0.25, 0.3) is 184 Å². The zero-order valence-electron chi connectivity index (χ0n) is 41.7. The third kappa shape index (κ3) is 5.04. The zero-order valence-corrected chi connectivity index (χ0v) is 41.7. The Labute approximate surface area is 442 Å². The summed E-state index contributed by atoms with van der Waals surface area (Å²) in [5.41, 5.74) is 6.36. The lowest BCUT2D eigenvalue weighted by Crippen LogP contribution is -2.00. The molecule has 20 aromatic rings. The van der Waals surface area contributed by atoms with Gasteiger partial charge in [0.2, 0.25) is 0 Å². The lowest BCUT2D eigenvalue weighted by Gasteiger charge is -2.14. The minimum atomic E-state index is 0.595. The van der Waals surface area contributed by atoms with Crippen molar-refractivity contribution in [1.29, 1.82) is 0 Å². The second-order valence-electron chi connectivity index (χ2n) is 22.3. The van der Waals surface area contributed by atoms with E-state index >= 15 is 0 Å². The molecule has 0 saturated heterocycles. The highest BCUT2D eigenvalue weighted by atomic mass is 15.4. The maximum absolute atomic E-state index is 4.87. The van der Waals surface area contributed by atoms with Crippen LogP contribution in [0.4, 0.5) is 0 Å². The van der Waals surface area contributed by atoms with Gasteiger partial charge >= 0.3 is 0 Å². The third-order valence-electron chi connectivity index (χ3n) is 18.3. The van der Waals surface area contributed by atoms with Gasteiger partial charge in [0.25, 0.3) is 0 Å². The van der Waals surface area contributed by atoms with Gasteiger partial charge in [-0.2, -0.15) is 0 Å². The van der Waals surface area contributed by atoms with Gasteiger partial charge in [0.05, 0.1) is 25.5 Å². The first-order valence-corrected chi connectivity index (χ1v) is 27.0. The predicted molar refractivity (Wildman–Crippen MR) is 325 cm³/mol. The number of benzene rings is 16. The molecule has 0 amide bonds. The lowest BCUT2D eigenvalue weighted by molar-refractivity contribution is 0.650. The van der Waals surface area contributed by atoms with Gasteiger partial charge in [-0.25, -0.2) is 9.36 Å². The summed E-state index contributed by atoms with van der Waals surface area (Å²) in [4.78, 5) is 0. The molecule has 6 nitrogen and oxygen atoms in total.